The van der Waals surface area contributed by atoms with E-state index in [-0.39, 0.29) is 30.6 Å². The predicted octanol–water partition coefficient (Wildman–Crippen LogP) is 4.80. The minimum Gasteiger partial charge on any atom is -0.406 e. The van der Waals surface area contributed by atoms with Crippen LogP contribution in [0.1, 0.15) is 12.5 Å². The van der Waals surface area contributed by atoms with Gasteiger partial charge in [-0.3, -0.25) is 4.79 Å². The van der Waals surface area contributed by atoms with E-state index in [1.54, 1.807) is 19.1 Å². The van der Waals surface area contributed by atoms with Gasteiger partial charge in [-0.2, -0.15) is 0 Å². The molecule has 1 fully saturated rings. The second kappa shape index (κ2) is 10.4. The number of nitrogens with zero attached hydrogens (tertiary/aromatic N) is 2. The monoisotopic (exact) mass is 521 g/mol. The summed E-state index contributed by atoms with van der Waals surface area (Å²) in [6.45, 7) is 1.76. The van der Waals surface area contributed by atoms with E-state index in [9.17, 15) is 18.0 Å². The maximum Gasteiger partial charge on any atom is 0.573 e. The first-order valence-electron chi connectivity index (χ1n) is 9.97. The number of carbonyl (C=O) groups excluding carboxylic acids is 1. The molecule has 1 N–H and O–H groups in total. The van der Waals surface area contributed by atoms with E-state index in [4.69, 9.17) is 32.7 Å². The third kappa shape index (κ3) is 6.32. The van der Waals surface area contributed by atoms with Crippen molar-refractivity contribution in [1.29, 1.82) is 0 Å². The van der Waals surface area contributed by atoms with Crippen LogP contribution in [0.3, 0.4) is 0 Å². The highest BCUT2D eigenvalue weighted by Gasteiger charge is 2.47. The molecule has 0 unspecified atom stereocenters. The van der Waals surface area contributed by atoms with E-state index in [0.29, 0.717) is 21.3 Å². The molecule has 2 aromatic rings. The fourth-order valence-corrected chi connectivity index (χ4v) is 3.98. The second-order valence-electron chi connectivity index (χ2n) is 7.66. The molecule has 3 rings (SSSR count). The lowest BCUT2D eigenvalue weighted by molar-refractivity contribution is -0.274. The second-order valence-corrected chi connectivity index (χ2v) is 8.53. The SMILES string of the molecule is COC(CN=[14C]1N[C@](C)(Cc2ccc(OC(F)(F)F)cc2)C(=O)N1c1cc(Cl)cc(Cl)c1)OC. The molecule has 34 heavy (non-hydrogen) atoms. The van der Waals surface area contributed by atoms with Gasteiger partial charge < -0.3 is 19.5 Å². The molecule has 184 valence electrons. The summed E-state index contributed by atoms with van der Waals surface area (Å²) in [5, 5.41) is 3.79. The molecule has 1 aliphatic heterocycles. The van der Waals surface area contributed by atoms with Gasteiger partial charge in [-0.15, -0.1) is 13.2 Å². The summed E-state index contributed by atoms with van der Waals surface area (Å²) in [6.07, 6.45) is -5.27. The predicted molar refractivity (Wildman–Crippen MR) is 122 cm³/mol. The van der Waals surface area contributed by atoms with Gasteiger partial charge in [0, 0.05) is 30.7 Å². The maximum absolute atomic E-state index is 13.6. The number of alkyl halides is 3. The number of carbonyl (C=O) groups is 1. The van der Waals surface area contributed by atoms with Crippen molar-refractivity contribution in [3.8, 4) is 5.75 Å². The Balaban J connectivity index is 1.91. The minimum absolute atomic E-state index is 0.0902. The summed E-state index contributed by atoms with van der Waals surface area (Å²) >= 11 is 12.3. The van der Waals surface area contributed by atoms with Gasteiger partial charge in [0.25, 0.3) is 5.91 Å². The number of hydrogen-bond acceptors (Lipinski definition) is 5. The molecule has 0 radical (unpaired) electrons. The Kier molecular flexibility index (Phi) is 7.97. The van der Waals surface area contributed by atoms with Gasteiger partial charge in [0.15, 0.2) is 6.29 Å². The number of methoxy groups -OCH3 is 2. The normalized spacial score (nSPS) is 19.7. The number of amides is 1. The van der Waals surface area contributed by atoms with E-state index in [1.165, 1.54) is 49.5 Å². The molecule has 2 aromatic carbocycles. The molecule has 1 saturated heterocycles. The van der Waals surface area contributed by atoms with Crippen LogP contribution in [-0.2, 0) is 20.7 Å². The first kappa shape index (κ1) is 26.1. The Morgan fingerprint density at radius 3 is 2.24 bits per heavy atom. The van der Waals surface area contributed by atoms with Crippen LogP contribution in [0.25, 0.3) is 0 Å². The average molecular weight is 522 g/mol. The maximum atomic E-state index is 13.6. The molecule has 1 amide bonds. The molecule has 1 heterocycles. The highest BCUT2D eigenvalue weighted by atomic mass is 35.5. The summed E-state index contributed by atoms with van der Waals surface area (Å²) in [6, 6.07) is 9.98. The summed E-state index contributed by atoms with van der Waals surface area (Å²) in [5.74, 6) is -0.483. The number of halogens is 5. The van der Waals surface area contributed by atoms with Crippen molar-refractivity contribution >= 4 is 40.8 Å². The lowest BCUT2D eigenvalue weighted by Crippen LogP contribution is -2.46. The number of ether oxygens (including phenoxy) is 3. The highest BCUT2D eigenvalue weighted by molar-refractivity contribution is 6.36. The van der Waals surface area contributed by atoms with Crippen molar-refractivity contribution in [2.24, 2.45) is 4.99 Å². The van der Waals surface area contributed by atoms with Crippen LogP contribution in [0.15, 0.2) is 47.5 Å². The molecule has 0 bridgehead atoms. The summed E-state index contributed by atoms with van der Waals surface area (Å²) in [7, 11) is 2.93. The van der Waals surface area contributed by atoms with E-state index in [0.717, 1.165) is 0 Å². The van der Waals surface area contributed by atoms with Gasteiger partial charge in [0.2, 0.25) is 5.96 Å². The first-order valence-corrected chi connectivity index (χ1v) is 10.7. The van der Waals surface area contributed by atoms with E-state index >= 15 is 0 Å². The van der Waals surface area contributed by atoms with Crippen molar-refractivity contribution < 1.29 is 32.2 Å². The van der Waals surface area contributed by atoms with Crippen molar-refractivity contribution in [2.75, 3.05) is 25.7 Å². The Hall–Kier alpha value is -2.53. The topological polar surface area (TPSA) is 72.4 Å². The number of guanidine groups is 1. The van der Waals surface area contributed by atoms with E-state index < -0.39 is 18.2 Å². The third-order valence-corrected chi connectivity index (χ3v) is 5.45. The zero-order valence-electron chi connectivity index (χ0n) is 18.5. The van der Waals surface area contributed by atoms with Crippen molar-refractivity contribution in [1.82, 2.24) is 5.32 Å². The van der Waals surface area contributed by atoms with Gasteiger partial charge in [-0.1, -0.05) is 35.3 Å². The Bertz CT molecular complexity index is 1040. The van der Waals surface area contributed by atoms with Gasteiger partial charge in [-0.05, 0) is 42.8 Å². The van der Waals surface area contributed by atoms with Crippen molar-refractivity contribution in [3.05, 3.63) is 58.1 Å². The largest absolute Gasteiger partial charge is 0.573 e. The van der Waals surface area contributed by atoms with Crippen LogP contribution >= 0.6 is 23.2 Å². The van der Waals surface area contributed by atoms with Gasteiger partial charge in [0.1, 0.15) is 11.3 Å². The smallest absolute Gasteiger partial charge is 0.406 e. The lowest BCUT2D eigenvalue weighted by Gasteiger charge is -2.22. The van der Waals surface area contributed by atoms with Crippen LogP contribution in [-0.4, -0.2) is 50.8 Å². The van der Waals surface area contributed by atoms with E-state index in [2.05, 4.69) is 15.0 Å². The summed E-state index contributed by atoms with van der Waals surface area (Å²) < 4.78 is 51.5. The Morgan fingerprint density at radius 2 is 1.71 bits per heavy atom. The van der Waals surface area contributed by atoms with Crippen LogP contribution in [0, 0.1) is 0 Å². The zero-order valence-corrected chi connectivity index (χ0v) is 20.0. The summed E-state index contributed by atoms with van der Waals surface area (Å²) in [5.41, 5.74) is -0.164. The molecule has 0 aliphatic carbocycles. The Labute approximate surface area is 204 Å². The number of nitrogens with one attached hydrogen (secondary N) is 1. The Morgan fingerprint density at radius 1 is 1.12 bits per heavy atom. The van der Waals surface area contributed by atoms with E-state index in [1.807, 2.05) is 0 Å². The zero-order chi connectivity index (χ0) is 25.1. The molecule has 0 aromatic heterocycles. The molecule has 1 aliphatic rings. The average Bonchev–Trinajstić information content (AvgIpc) is 2.98. The van der Waals surface area contributed by atoms with Gasteiger partial charge in [-0.25, -0.2) is 9.89 Å². The minimum atomic E-state index is -4.79. The molecule has 12 heteroatoms. The standard InChI is InChI=1S/C22H22Cl2F3N3O4/c1-21(11-13-4-6-17(7-5-13)34-22(25,26)27)19(31)30(16-9-14(23)8-15(24)10-16)20(29-21)28-12-18(32-2)33-3/h4-10,18H,11-12H2,1-3H3,(H,28,29)/t21-/m1/s1/i20+2. The number of benzene rings is 2. The number of rotatable bonds is 8. The molecule has 1 atom stereocenters. The number of anilines is 1. The van der Waals surface area contributed by atoms with Crippen molar-refractivity contribution in [3.63, 3.8) is 0 Å². The van der Waals surface area contributed by atoms with Gasteiger partial charge >= 0.3 is 6.36 Å². The highest BCUT2D eigenvalue weighted by Crippen LogP contribution is 2.32. The van der Waals surface area contributed by atoms with Gasteiger partial charge in [0.05, 0.1) is 12.2 Å². The fourth-order valence-electron chi connectivity index (χ4n) is 3.46. The third-order valence-electron chi connectivity index (χ3n) is 5.01. The number of hydrogen-bond donors (Lipinski definition) is 1. The van der Waals surface area contributed by atoms with Crippen LogP contribution < -0.4 is 15.0 Å². The first-order chi connectivity index (χ1) is 15.9. The molecular weight excluding hydrogens is 500 g/mol. The lowest BCUT2D eigenvalue weighted by atomic mass is 9.93. The quantitative estimate of drug-likeness (QED) is 0.505. The van der Waals surface area contributed by atoms with Crippen LogP contribution in [0.4, 0.5) is 18.9 Å². The molecule has 7 nitrogen and oxygen atoms in total. The molecule has 0 spiro atoms. The summed E-state index contributed by atoms with van der Waals surface area (Å²) in [4.78, 5) is 19.4. The molecular formula is C22H22Cl2F3N3O4. The van der Waals surface area contributed by atoms with Crippen LogP contribution in [0.5, 0.6) is 5.75 Å². The van der Waals surface area contributed by atoms with Crippen molar-refractivity contribution in [2.45, 2.75) is 31.5 Å². The number of aliphatic imine (C=N–C) groups is 1. The molecule has 0 saturated carbocycles. The van der Waals surface area contributed by atoms with Crippen LogP contribution in [0.2, 0.25) is 10.0 Å². The fraction of sp³-hybridized carbons (Fsp3) is 0.364.